The van der Waals surface area contributed by atoms with Crippen molar-refractivity contribution in [1.29, 1.82) is 0 Å². The van der Waals surface area contributed by atoms with E-state index in [2.05, 4.69) is 32.9 Å². The Kier molecular flexibility index (Phi) is 1.79. The summed E-state index contributed by atoms with van der Waals surface area (Å²) in [7, 11) is 0. The molecular weight excluding hydrogens is 180 g/mol. The van der Waals surface area contributed by atoms with Crippen LogP contribution in [0.5, 0.6) is 0 Å². The Labute approximate surface area is 94.1 Å². The first-order valence-electron chi connectivity index (χ1n) is 6.66. The molecule has 3 atom stereocenters. The highest BCUT2D eigenvalue weighted by Crippen LogP contribution is 2.65. The molecule has 0 heterocycles. The van der Waals surface area contributed by atoms with Crippen LogP contribution in [0.25, 0.3) is 0 Å². The van der Waals surface area contributed by atoms with Crippen LogP contribution in [0.4, 0.5) is 0 Å². The third-order valence-electron chi connectivity index (χ3n) is 5.65. The van der Waals surface area contributed by atoms with Gasteiger partial charge in [-0.3, -0.25) is 0 Å². The molecule has 2 fully saturated rings. The monoisotopic (exact) mass is 204 g/mol. The Morgan fingerprint density at radius 1 is 1.00 bits per heavy atom. The van der Waals surface area contributed by atoms with Crippen molar-refractivity contribution >= 4 is 0 Å². The van der Waals surface area contributed by atoms with Crippen molar-refractivity contribution in [3.8, 4) is 0 Å². The highest BCUT2D eigenvalue weighted by Gasteiger charge is 2.55. The highest BCUT2D eigenvalue weighted by molar-refractivity contribution is 5.22. The number of allylic oxidation sites excluding steroid dienone is 2. The van der Waals surface area contributed by atoms with Crippen LogP contribution >= 0.6 is 0 Å². The molecule has 2 unspecified atom stereocenters. The molecule has 0 saturated heterocycles. The SMILES string of the molecule is CC1(C)C=CC23CCC[C@](C)(CCC12)C3. The summed E-state index contributed by atoms with van der Waals surface area (Å²) in [6.45, 7) is 7.42. The molecule has 0 aromatic heterocycles. The Morgan fingerprint density at radius 3 is 2.60 bits per heavy atom. The predicted molar refractivity (Wildman–Crippen MR) is 64.7 cm³/mol. The minimum absolute atomic E-state index is 0.471. The second kappa shape index (κ2) is 2.70. The van der Waals surface area contributed by atoms with Crippen LogP contribution in [-0.4, -0.2) is 0 Å². The van der Waals surface area contributed by atoms with Gasteiger partial charge in [0, 0.05) is 0 Å². The van der Waals surface area contributed by atoms with E-state index < -0.39 is 0 Å². The minimum Gasteiger partial charge on any atom is -0.0820 e. The van der Waals surface area contributed by atoms with Crippen molar-refractivity contribution in [3.05, 3.63) is 12.2 Å². The Hall–Kier alpha value is -0.260. The number of rotatable bonds is 0. The standard InChI is InChI=1S/C15H24/c1-13(2)9-10-15-7-4-6-14(3,11-15)8-5-12(13)15/h9-10,12H,4-8,11H2,1-3H3/t12?,14-,15?/m1/s1. The smallest absolute Gasteiger partial charge is 0.00765 e. The second-order valence-electron chi connectivity index (χ2n) is 7.32. The summed E-state index contributed by atoms with van der Waals surface area (Å²) in [5, 5.41) is 0. The van der Waals surface area contributed by atoms with Crippen LogP contribution in [0, 0.1) is 22.2 Å². The van der Waals surface area contributed by atoms with Crippen LogP contribution in [0.15, 0.2) is 12.2 Å². The van der Waals surface area contributed by atoms with Crippen molar-refractivity contribution in [2.45, 2.75) is 59.3 Å². The van der Waals surface area contributed by atoms with Gasteiger partial charge in [-0.2, -0.15) is 0 Å². The molecule has 0 radical (unpaired) electrons. The maximum atomic E-state index is 2.61. The number of hydrogen-bond acceptors (Lipinski definition) is 0. The summed E-state index contributed by atoms with van der Waals surface area (Å²) < 4.78 is 0. The van der Waals surface area contributed by atoms with Gasteiger partial charge in [0.15, 0.2) is 0 Å². The molecule has 0 aliphatic heterocycles. The molecule has 0 heteroatoms. The highest BCUT2D eigenvalue weighted by atomic mass is 14.6. The molecule has 84 valence electrons. The Balaban J connectivity index is 1.99. The van der Waals surface area contributed by atoms with Crippen LogP contribution in [0.1, 0.15) is 59.3 Å². The molecule has 0 N–H and O–H groups in total. The fourth-order valence-corrected chi connectivity index (χ4v) is 4.97. The molecule has 1 spiro atoms. The van der Waals surface area contributed by atoms with Gasteiger partial charge in [0.25, 0.3) is 0 Å². The lowest BCUT2D eigenvalue weighted by Gasteiger charge is -2.55. The van der Waals surface area contributed by atoms with Crippen molar-refractivity contribution in [3.63, 3.8) is 0 Å². The lowest BCUT2D eigenvalue weighted by Crippen LogP contribution is -2.45. The van der Waals surface area contributed by atoms with Gasteiger partial charge in [0.05, 0.1) is 0 Å². The summed E-state index contributed by atoms with van der Waals surface area (Å²) in [6.07, 6.45) is 14.0. The van der Waals surface area contributed by atoms with E-state index in [1.807, 2.05) is 0 Å². The second-order valence-corrected chi connectivity index (χ2v) is 7.32. The Morgan fingerprint density at radius 2 is 1.80 bits per heavy atom. The van der Waals surface area contributed by atoms with E-state index in [-0.39, 0.29) is 0 Å². The lowest BCUT2D eigenvalue weighted by atomic mass is 9.50. The van der Waals surface area contributed by atoms with E-state index in [9.17, 15) is 0 Å². The minimum atomic E-state index is 0.471. The van der Waals surface area contributed by atoms with E-state index >= 15 is 0 Å². The van der Waals surface area contributed by atoms with Crippen LogP contribution in [0.2, 0.25) is 0 Å². The zero-order chi connectivity index (χ0) is 10.7. The molecule has 0 aromatic rings. The molecule has 15 heavy (non-hydrogen) atoms. The quantitative estimate of drug-likeness (QED) is 0.507. The van der Waals surface area contributed by atoms with Crippen molar-refractivity contribution in [2.24, 2.45) is 22.2 Å². The van der Waals surface area contributed by atoms with Gasteiger partial charge in [-0.1, -0.05) is 39.3 Å². The predicted octanol–water partition coefficient (Wildman–Crippen LogP) is 4.56. The maximum Gasteiger partial charge on any atom is -0.00765 e. The molecule has 2 bridgehead atoms. The largest absolute Gasteiger partial charge is 0.0820 e. The van der Waals surface area contributed by atoms with E-state index in [0.29, 0.717) is 16.2 Å². The molecule has 0 amide bonds. The van der Waals surface area contributed by atoms with Crippen molar-refractivity contribution in [2.75, 3.05) is 0 Å². The van der Waals surface area contributed by atoms with Crippen molar-refractivity contribution < 1.29 is 0 Å². The number of fused-ring (bicyclic) bond motifs is 1. The van der Waals surface area contributed by atoms with Gasteiger partial charge < -0.3 is 0 Å². The normalized spacial score (nSPS) is 51.5. The molecular formula is C15H24. The van der Waals surface area contributed by atoms with Gasteiger partial charge in [-0.25, -0.2) is 0 Å². The van der Waals surface area contributed by atoms with E-state index in [4.69, 9.17) is 0 Å². The van der Waals surface area contributed by atoms with E-state index in [0.717, 1.165) is 5.92 Å². The first-order valence-corrected chi connectivity index (χ1v) is 6.66. The summed E-state index contributed by atoms with van der Waals surface area (Å²) in [4.78, 5) is 0. The lowest BCUT2D eigenvalue weighted by molar-refractivity contribution is -0.0270. The molecule has 0 nitrogen and oxygen atoms in total. The van der Waals surface area contributed by atoms with Crippen LogP contribution < -0.4 is 0 Å². The third kappa shape index (κ3) is 1.26. The summed E-state index contributed by atoms with van der Waals surface area (Å²) in [6, 6.07) is 0. The van der Waals surface area contributed by atoms with Crippen LogP contribution in [-0.2, 0) is 0 Å². The molecule has 0 aromatic carbocycles. The Bertz CT molecular complexity index is 312. The summed E-state index contributed by atoms with van der Waals surface area (Å²) in [5.74, 6) is 0.943. The molecule has 3 rings (SSSR count). The van der Waals surface area contributed by atoms with Crippen molar-refractivity contribution in [1.82, 2.24) is 0 Å². The van der Waals surface area contributed by atoms with E-state index in [1.54, 1.807) is 0 Å². The third-order valence-corrected chi connectivity index (χ3v) is 5.65. The van der Waals surface area contributed by atoms with Gasteiger partial charge in [0.1, 0.15) is 0 Å². The van der Waals surface area contributed by atoms with Crippen LogP contribution in [0.3, 0.4) is 0 Å². The van der Waals surface area contributed by atoms with Gasteiger partial charge in [-0.05, 0) is 54.3 Å². The summed E-state index contributed by atoms with van der Waals surface area (Å²) in [5.41, 5.74) is 1.76. The van der Waals surface area contributed by atoms with Gasteiger partial charge in [0.2, 0.25) is 0 Å². The molecule has 3 aliphatic carbocycles. The topological polar surface area (TPSA) is 0 Å². The fraction of sp³-hybridized carbons (Fsp3) is 0.867. The first kappa shape index (κ1) is 9.93. The fourth-order valence-electron chi connectivity index (χ4n) is 4.97. The van der Waals surface area contributed by atoms with E-state index in [1.165, 1.54) is 38.5 Å². The van der Waals surface area contributed by atoms with Gasteiger partial charge >= 0.3 is 0 Å². The maximum absolute atomic E-state index is 2.61. The first-order chi connectivity index (χ1) is 6.96. The molecule has 3 aliphatic rings. The average Bonchev–Trinajstić information content (AvgIpc) is 2.36. The zero-order valence-corrected chi connectivity index (χ0v) is 10.5. The summed E-state index contributed by atoms with van der Waals surface area (Å²) >= 11 is 0. The van der Waals surface area contributed by atoms with Gasteiger partial charge in [-0.15, -0.1) is 0 Å². The molecule has 2 saturated carbocycles. The zero-order valence-electron chi connectivity index (χ0n) is 10.5. The average molecular weight is 204 g/mol. The number of hydrogen-bond donors (Lipinski definition) is 0.